The summed E-state index contributed by atoms with van der Waals surface area (Å²) in [6.07, 6.45) is 36.2. The van der Waals surface area contributed by atoms with Gasteiger partial charge in [-0.15, -0.1) is 0 Å². The van der Waals surface area contributed by atoms with Gasteiger partial charge in [-0.3, -0.25) is 0 Å². The van der Waals surface area contributed by atoms with Crippen molar-refractivity contribution in [2.45, 2.75) is 143 Å². The third-order valence-corrected chi connectivity index (χ3v) is 6.90. The van der Waals surface area contributed by atoms with E-state index in [0.29, 0.717) is 0 Å². The fourth-order valence-corrected chi connectivity index (χ4v) is 4.78. The molecule has 33 heavy (non-hydrogen) atoms. The van der Waals surface area contributed by atoms with Gasteiger partial charge in [-0.1, -0.05) is 129 Å². The summed E-state index contributed by atoms with van der Waals surface area (Å²) in [5.74, 6) is 1.11. The van der Waals surface area contributed by atoms with Crippen molar-refractivity contribution in [1.29, 1.82) is 0 Å². The summed E-state index contributed by atoms with van der Waals surface area (Å²) < 4.78 is 11.8. The molecule has 1 atom stereocenters. The van der Waals surface area contributed by atoms with Gasteiger partial charge < -0.3 is 9.47 Å². The van der Waals surface area contributed by atoms with Crippen molar-refractivity contribution in [3.05, 3.63) is 36.3 Å². The van der Waals surface area contributed by atoms with E-state index in [0.717, 1.165) is 25.4 Å². The van der Waals surface area contributed by atoms with E-state index in [1.165, 1.54) is 116 Å². The van der Waals surface area contributed by atoms with Crippen molar-refractivity contribution in [2.75, 3.05) is 13.2 Å². The fourth-order valence-electron chi connectivity index (χ4n) is 4.78. The molecule has 2 nitrogen and oxygen atoms in total. The lowest BCUT2D eigenvalue weighted by molar-refractivity contribution is 0.192. The molecule has 0 aromatic heterocycles. The molecule has 1 rings (SSSR count). The van der Waals surface area contributed by atoms with Gasteiger partial charge in [0.2, 0.25) is 0 Å². The standard InChI is InChI=1S/C31H56O2/c1-4-7-9-11-13-15-17-19-21-27-32-28-26-31(25-22-23-30(29-31)33-6-3)24-20-18-16-14-12-10-8-5-2/h22-23,25-26,28H,4-21,24,27,29H2,1-3H3. The Labute approximate surface area is 207 Å². The van der Waals surface area contributed by atoms with Crippen LogP contribution in [0.5, 0.6) is 0 Å². The zero-order valence-corrected chi connectivity index (χ0v) is 22.6. The summed E-state index contributed by atoms with van der Waals surface area (Å²) in [5.41, 5.74) is 0.0555. The molecule has 2 heteroatoms. The van der Waals surface area contributed by atoms with Gasteiger partial charge in [0.15, 0.2) is 0 Å². The van der Waals surface area contributed by atoms with Gasteiger partial charge in [0.25, 0.3) is 0 Å². The molecule has 192 valence electrons. The zero-order valence-electron chi connectivity index (χ0n) is 22.6. The maximum Gasteiger partial charge on any atom is 0.0971 e. The highest BCUT2D eigenvalue weighted by molar-refractivity contribution is 5.25. The van der Waals surface area contributed by atoms with Crippen LogP contribution >= 0.6 is 0 Å². The van der Waals surface area contributed by atoms with Gasteiger partial charge in [-0.25, -0.2) is 0 Å². The van der Waals surface area contributed by atoms with E-state index in [-0.39, 0.29) is 5.41 Å². The second-order valence-corrected chi connectivity index (χ2v) is 10.1. The minimum absolute atomic E-state index is 0.0555. The molecule has 0 N–H and O–H groups in total. The molecule has 0 aromatic carbocycles. The summed E-state index contributed by atoms with van der Waals surface area (Å²) in [7, 11) is 0. The first-order chi connectivity index (χ1) is 16.3. The maximum absolute atomic E-state index is 5.92. The van der Waals surface area contributed by atoms with E-state index < -0.39 is 0 Å². The summed E-state index contributed by atoms with van der Waals surface area (Å²) in [6.45, 7) is 8.23. The first-order valence-corrected chi connectivity index (χ1v) is 14.6. The van der Waals surface area contributed by atoms with Crippen LogP contribution in [0.1, 0.15) is 143 Å². The first kappa shape index (κ1) is 29.9. The minimum atomic E-state index is 0.0555. The van der Waals surface area contributed by atoms with Crippen molar-refractivity contribution in [3.63, 3.8) is 0 Å². The molecule has 0 aromatic rings. The van der Waals surface area contributed by atoms with Gasteiger partial charge >= 0.3 is 0 Å². The van der Waals surface area contributed by atoms with E-state index in [2.05, 4.69) is 45.1 Å². The molecule has 0 spiro atoms. The van der Waals surface area contributed by atoms with Crippen molar-refractivity contribution in [1.82, 2.24) is 0 Å². The number of hydrogen-bond donors (Lipinski definition) is 0. The summed E-state index contributed by atoms with van der Waals surface area (Å²) >= 11 is 0. The molecule has 0 heterocycles. The van der Waals surface area contributed by atoms with Gasteiger partial charge in [0.05, 0.1) is 25.2 Å². The molecule has 0 aliphatic heterocycles. The van der Waals surface area contributed by atoms with Crippen LogP contribution in [0.25, 0.3) is 0 Å². The molecular formula is C31H56O2. The quantitative estimate of drug-likeness (QED) is 0.111. The predicted octanol–water partition coefficient (Wildman–Crippen LogP) is 10.4. The van der Waals surface area contributed by atoms with Crippen molar-refractivity contribution in [2.24, 2.45) is 5.41 Å². The van der Waals surface area contributed by atoms with Crippen LogP contribution < -0.4 is 0 Å². The van der Waals surface area contributed by atoms with Crippen LogP contribution in [0.3, 0.4) is 0 Å². The second kappa shape index (κ2) is 21.4. The summed E-state index contributed by atoms with van der Waals surface area (Å²) in [5, 5.41) is 0. The monoisotopic (exact) mass is 460 g/mol. The molecule has 1 aliphatic carbocycles. The molecule has 0 amide bonds. The molecule has 0 fully saturated rings. The third-order valence-electron chi connectivity index (χ3n) is 6.90. The molecule has 0 saturated carbocycles. The number of allylic oxidation sites excluding steroid dienone is 5. The summed E-state index contributed by atoms with van der Waals surface area (Å²) in [6, 6.07) is 0. The Morgan fingerprint density at radius 3 is 1.85 bits per heavy atom. The van der Waals surface area contributed by atoms with Crippen LogP contribution in [-0.4, -0.2) is 13.2 Å². The van der Waals surface area contributed by atoms with Crippen molar-refractivity contribution >= 4 is 0 Å². The van der Waals surface area contributed by atoms with E-state index in [1.54, 1.807) is 0 Å². The van der Waals surface area contributed by atoms with Gasteiger partial charge in [-0.05, 0) is 31.9 Å². The van der Waals surface area contributed by atoms with E-state index in [4.69, 9.17) is 9.47 Å². The van der Waals surface area contributed by atoms with Crippen LogP contribution in [-0.2, 0) is 9.47 Å². The Balaban J connectivity index is 2.28. The molecule has 1 aliphatic rings. The van der Waals surface area contributed by atoms with Crippen LogP contribution in [0, 0.1) is 5.41 Å². The highest BCUT2D eigenvalue weighted by atomic mass is 16.5. The van der Waals surface area contributed by atoms with Crippen LogP contribution in [0.2, 0.25) is 0 Å². The second-order valence-electron chi connectivity index (χ2n) is 10.1. The molecule has 0 saturated heterocycles. The van der Waals surface area contributed by atoms with E-state index >= 15 is 0 Å². The maximum atomic E-state index is 5.92. The van der Waals surface area contributed by atoms with Gasteiger partial charge in [0.1, 0.15) is 0 Å². The van der Waals surface area contributed by atoms with Crippen molar-refractivity contribution < 1.29 is 9.47 Å². The predicted molar refractivity (Wildman–Crippen MR) is 145 cm³/mol. The van der Waals surface area contributed by atoms with Gasteiger partial charge in [0, 0.05) is 11.8 Å². The highest BCUT2D eigenvalue weighted by Crippen LogP contribution is 2.39. The fraction of sp³-hybridized carbons (Fsp3) is 0.806. The topological polar surface area (TPSA) is 18.5 Å². The largest absolute Gasteiger partial charge is 0.501 e. The Bertz CT molecular complexity index is 519. The summed E-state index contributed by atoms with van der Waals surface area (Å²) in [4.78, 5) is 0. The lowest BCUT2D eigenvalue weighted by Crippen LogP contribution is -2.19. The minimum Gasteiger partial charge on any atom is -0.501 e. The normalized spacial score (nSPS) is 18.1. The van der Waals surface area contributed by atoms with Gasteiger partial charge in [-0.2, -0.15) is 0 Å². The zero-order chi connectivity index (χ0) is 23.9. The first-order valence-electron chi connectivity index (χ1n) is 14.6. The Morgan fingerprint density at radius 1 is 0.727 bits per heavy atom. The van der Waals surface area contributed by atoms with Crippen LogP contribution in [0.15, 0.2) is 36.3 Å². The van der Waals surface area contributed by atoms with E-state index in [9.17, 15) is 0 Å². The number of unbranched alkanes of at least 4 members (excludes halogenated alkanes) is 15. The Hall–Kier alpha value is -1.18. The average molecular weight is 461 g/mol. The average Bonchev–Trinajstić information content (AvgIpc) is 2.82. The lowest BCUT2D eigenvalue weighted by atomic mass is 9.76. The SMILES string of the molecule is CCCCCCCCCCCOC=CC1(CCCCCCCCCC)C=CC=C(OCC)C1. The smallest absolute Gasteiger partial charge is 0.0971 e. The molecular weight excluding hydrogens is 404 g/mol. The Kier molecular flexibility index (Phi) is 19.3. The van der Waals surface area contributed by atoms with E-state index in [1.807, 2.05) is 6.26 Å². The lowest BCUT2D eigenvalue weighted by Gasteiger charge is -2.30. The highest BCUT2D eigenvalue weighted by Gasteiger charge is 2.28. The molecule has 0 bridgehead atoms. The molecule has 1 unspecified atom stereocenters. The van der Waals surface area contributed by atoms with Crippen LogP contribution in [0.4, 0.5) is 0 Å². The van der Waals surface area contributed by atoms with Crippen molar-refractivity contribution in [3.8, 4) is 0 Å². The number of rotatable bonds is 23. The molecule has 0 radical (unpaired) electrons. The number of ether oxygens (including phenoxy) is 2. The Morgan fingerprint density at radius 2 is 1.27 bits per heavy atom. The number of hydrogen-bond acceptors (Lipinski definition) is 2. The third kappa shape index (κ3) is 16.1.